The second kappa shape index (κ2) is 7.17. The maximum atomic E-state index is 12.0. The molecule has 1 N–H and O–H groups in total. The smallest absolute Gasteiger partial charge is 0.232 e. The number of hydrogen-bond acceptors (Lipinski definition) is 6. The zero-order chi connectivity index (χ0) is 18.1. The van der Waals surface area contributed by atoms with Crippen molar-refractivity contribution in [3.63, 3.8) is 0 Å². The molecule has 8 heteroatoms. The Bertz CT molecular complexity index is 889. The first-order chi connectivity index (χ1) is 12.5. The Morgan fingerprint density at radius 2 is 2.27 bits per heavy atom. The average molecular weight is 394 g/mol. The predicted octanol–water partition coefficient (Wildman–Crippen LogP) is 3.11. The molecule has 1 saturated heterocycles. The summed E-state index contributed by atoms with van der Waals surface area (Å²) in [5.74, 6) is 0. The van der Waals surface area contributed by atoms with Gasteiger partial charge in [-0.1, -0.05) is 6.07 Å². The molecule has 0 saturated carbocycles. The van der Waals surface area contributed by atoms with Crippen LogP contribution >= 0.6 is 11.3 Å². The van der Waals surface area contributed by atoms with Crippen LogP contribution in [0, 0.1) is 0 Å². The summed E-state index contributed by atoms with van der Waals surface area (Å²) in [5.41, 5.74) is 3.82. The summed E-state index contributed by atoms with van der Waals surface area (Å²) >= 11 is 1.59. The number of aryl methyl sites for hydroxylation is 1. The lowest BCUT2D eigenvalue weighted by molar-refractivity contribution is 0.120. The second-order valence-electron chi connectivity index (χ2n) is 6.84. The summed E-state index contributed by atoms with van der Waals surface area (Å²) in [6, 6.07) is 5.94. The molecule has 0 spiro atoms. The van der Waals surface area contributed by atoms with Crippen molar-refractivity contribution in [2.24, 2.45) is 0 Å². The van der Waals surface area contributed by atoms with Gasteiger partial charge in [0.15, 0.2) is 5.13 Å². The summed E-state index contributed by atoms with van der Waals surface area (Å²) in [7, 11) is -3.23. The number of benzene rings is 1. The summed E-state index contributed by atoms with van der Waals surface area (Å²) < 4.78 is 31.1. The van der Waals surface area contributed by atoms with Gasteiger partial charge in [-0.2, -0.15) is 0 Å². The molecular formula is C18H23N3O3S2. The van der Waals surface area contributed by atoms with Gasteiger partial charge in [-0.05, 0) is 43.4 Å². The number of hydrogen-bond donors (Lipinski definition) is 1. The first kappa shape index (κ1) is 17.8. The summed E-state index contributed by atoms with van der Waals surface area (Å²) in [4.78, 5) is 4.68. The van der Waals surface area contributed by atoms with Crippen LogP contribution in [0.1, 0.15) is 24.8 Å². The van der Waals surface area contributed by atoms with E-state index < -0.39 is 10.0 Å². The molecule has 6 nitrogen and oxygen atoms in total. The van der Waals surface area contributed by atoms with Crippen LogP contribution in [0.5, 0.6) is 0 Å². The lowest BCUT2D eigenvalue weighted by atomic mass is 10.00. The number of ether oxygens (including phenoxy) is 1. The molecule has 2 aromatic rings. The van der Waals surface area contributed by atoms with E-state index in [1.165, 1.54) is 10.6 Å². The minimum atomic E-state index is -3.23. The minimum absolute atomic E-state index is 0.285. The van der Waals surface area contributed by atoms with Crippen LogP contribution in [-0.2, 0) is 21.2 Å². The highest BCUT2D eigenvalue weighted by molar-refractivity contribution is 7.92. The van der Waals surface area contributed by atoms with Crippen molar-refractivity contribution in [3.8, 4) is 11.3 Å². The molecular weight excluding hydrogens is 370 g/mol. The summed E-state index contributed by atoms with van der Waals surface area (Å²) in [6.07, 6.45) is 5.52. The summed E-state index contributed by atoms with van der Waals surface area (Å²) in [5, 5.41) is 6.29. The van der Waals surface area contributed by atoms with Crippen molar-refractivity contribution in [2.45, 2.75) is 31.8 Å². The first-order valence-corrected chi connectivity index (χ1v) is 11.7. The number of anilines is 2. The highest BCUT2D eigenvalue weighted by Crippen LogP contribution is 2.34. The van der Waals surface area contributed by atoms with E-state index in [0.29, 0.717) is 6.54 Å². The van der Waals surface area contributed by atoms with Gasteiger partial charge in [0.2, 0.25) is 10.0 Å². The van der Waals surface area contributed by atoms with Gasteiger partial charge in [-0.3, -0.25) is 4.31 Å². The summed E-state index contributed by atoms with van der Waals surface area (Å²) in [6.45, 7) is 2.20. The van der Waals surface area contributed by atoms with Crippen molar-refractivity contribution >= 4 is 32.2 Å². The molecule has 140 valence electrons. The number of nitrogens with zero attached hydrogens (tertiary/aromatic N) is 2. The van der Waals surface area contributed by atoms with E-state index in [1.54, 1.807) is 11.3 Å². The van der Waals surface area contributed by atoms with E-state index in [0.717, 1.165) is 66.5 Å². The van der Waals surface area contributed by atoms with Gasteiger partial charge in [0.05, 0.1) is 23.7 Å². The van der Waals surface area contributed by atoms with Crippen molar-refractivity contribution < 1.29 is 13.2 Å². The van der Waals surface area contributed by atoms with E-state index >= 15 is 0 Å². The van der Waals surface area contributed by atoms with E-state index in [4.69, 9.17) is 4.74 Å². The first-order valence-electron chi connectivity index (χ1n) is 8.93. The van der Waals surface area contributed by atoms with Gasteiger partial charge in [-0.25, -0.2) is 13.4 Å². The van der Waals surface area contributed by atoms with Gasteiger partial charge in [0.1, 0.15) is 0 Å². The number of thiazole rings is 1. The molecule has 2 aliphatic heterocycles. The molecule has 4 rings (SSSR count). The number of aromatic nitrogens is 1. The number of fused-ring (bicyclic) bond motifs is 1. The second-order valence-corrected chi connectivity index (χ2v) is 9.60. The van der Waals surface area contributed by atoms with Crippen molar-refractivity contribution in [1.29, 1.82) is 0 Å². The fourth-order valence-electron chi connectivity index (χ4n) is 3.56. The van der Waals surface area contributed by atoms with Gasteiger partial charge >= 0.3 is 0 Å². The molecule has 0 bridgehead atoms. The molecule has 1 atom stereocenters. The van der Waals surface area contributed by atoms with E-state index in [2.05, 4.69) is 16.4 Å². The molecule has 0 aliphatic carbocycles. The molecule has 0 amide bonds. The zero-order valence-corrected chi connectivity index (χ0v) is 16.4. The monoisotopic (exact) mass is 393 g/mol. The molecule has 2 aliphatic rings. The fourth-order valence-corrected chi connectivity index (χ4v) is 5.29. The Labute approximate surface area is 158 Å². The van der Waals surface area contributed by atoms with Crippen LogP contribution in [0.4, 0.5) is 10.8 Å². The van der Waals surface area contributed by atoms with E-state index in [1.807, 2.05) is 17.5 Å². The third-order valence-corrected chi connectivity index (χ3v) is 6.84. The Morgan fingerprint density at radius 3 is 3.04 bits per heavy atom. The lowest BCUT2D eigenvalue weighted by Crippen LogP contribution is -2.34. The van der Waals surface area contributed by atoms with Crippen molar-refractivity contribution in [3.05, 3.63) is 29.1 Å². The zero-order valence-electron chi connectivity index (χ0n) is 14.8. The maximum Gasteiger partial charge on any atom is 0.232 e. The third-order valence-electron chi connectivity index (χ3n) is 4.86. The van der Waals surface area contributed by atoms with Crippen molar-refractivity contribution in [2.75, 3.05) is 35.6 Å². The standard InChI is InChI=1S/C18H23N3O3S2/c1-26(22,23)21-8-2-4-14-10-13(6-7-17(14)21)16-12-25-18(20-16)19-11-15-5-3-9-24-15/h6-7,10,12,15H,2-5,8-9,11H2,1H3,(H,19,20)/t15-/m0/s1. The number of nitrogens with one attached hydrogen (secondary N) is 1. The van der Waals surface area contributed by atoms with Gasteiger partial charge < -0.3 is 10.1 Å². The lowest BCUT2D eigenvalue weighted by Gasteiger charge is -2.29. The van der Waals surface area contributed by atoms with Crippen LogP contribution in [0.3, 0.4) is 0 Å². The molecule has 0 unspecified atom stereocenters. The topological polar surface area (TPSA) is 71.5 Å². The minimum Gasteiger partial charge on any atom is -0.376 e. The molecule has 0 radical (unpaired) electrons. The van der Waals surface area contributed by atoms with Crippen LogP contribution in [-0.4, -0.2) is 45.5 Å². The largest absolute Gasteiger partial charge is 0.376 e. The SMILES string of the molecule is CS(=O)(=O)N1CCCc2cc(-c3csc(NC[C@@H]4CCCO4)n3)ccc21. The highest BCUT2D eigenvalue weighted by Gasteiger charge is 2.24. The molecule has 3 heterocycles. The Morgan fingerprint density at radius 1 is 1.38 bits per heavy atom. The quantitative estimate of drug-likeness (QED) is 0.845. The average Bonchev–Trinajstić information content (AvgIpc) is 3.30. The van der Waals surface area contributed by atoms with Crippen LogP contribution in [0.15, 0.2) is 23.6 Å². The molecule has 26 heavy (non-hydrogen) atoms. The third kappa shape index (κ3) is 3.72. The molecule has 1 aromatic carbocycles. The number of rotatable bonds is 5. The predicted molar refractivity (Wildman–Crippen MR) is 106 cm³/mol. The highest BCUT2D eigenvalue weighted by atomic mass is 32.2. The Hall–Kier alpha value is -1.64. The van der Waals surface area contributed by atoms with Gasteiger partial charge in [0, 0.05) is 30.6 Å². The van der Waals surface area contributed by atoms with Crippen molar-refractivity contribution in [1.82, 2.24) is 4.98 Å². The van der Waals surface area contributed by atoms with E-state index in [9.17, 15) is 8.42 Å². The molecule has 1 aromatic heterocycles. The normalized spacial score (nSPS) is 20.2. The Balaban J connectivity index is 1.52. The van der Waals surface area contributed by atoms with Crippen LogP contribution < -0.4 is 9.62 Å². The van der Waals surface area contributed by atoms with Gasteiger partial charge in [0.25, 0.3) is 0 Å². The van der Waals surface area contributed by atoms with Crippen LogP contribution in [0.25, 0.3) is 11.3 Å². The van der Waals surface area contributed by atoms with Gasteiger partial charge in [-0.15, -0.1) is 11.3 Å². The van der Waals surface area contributed by atoms with E-state index in [-0.39, 0.29) is 6.10 Å². The fraction of sp³-hybridized carbons (Fsp3) is 0.500. The molecule has 1 fully saturated rings. The van der Waals surface area contributed by atoms with Crippen LogP contribution in [0.2, 0.25) is 0 Å². The Kier molecular flexibility index (Phi) is 4.90. The maximum absolute atomic E-state index is 12.0. The number of sulfonamides is 1.